The fourth-order valence-electron chi connectivity index (χ4n) is 3.16. The molecule has 0 atom stereocenters. The molecule has 3 aromatic rings. The zero-order chi connectivity index (χ0) is 20.4. The SMILES string of the molecule is COC(=O)c1ccccc1Cn1nc(C)c(NC(=O)c2cn(C)nc2C)c1C. The summed E-state index contributed by atoms with van der Waals surface area (Å²) in [4.78, 5) is 24.6. The summed E-state index contributed by atoms with van der Waals surface area (Å²) in [7, 11) is 3.13. The maximum Gasteiger partial charge on any atom is 0.338 e. The standard InChI is InChI=1S/C20H23N5O3/c1-12-17(11-24(4)22-12)19(26)21-18-13(2)23-25(14(18)3)10-15-8-6-7-9-16(15)20(27)28-5/h6-9,11H,10H2,1-5H3,(H,21,26). The number of carbonyl (C=O) groups is 2. The molecule has 0 saturated carbocycles. The van der Waals surface area contributed by atoms with Gasteiger partial charge in [0, 0.05) is 13.2 Å². The summed E-state index contributed by atoms with van der Waals surface area (Å²) in [5.74, 6) is -0.621. The molecule has 0 aliphatic heterocycles. The molecule has 2 heterocycles. The smallest absolute Gasteiger partial charge is 0.338 e. The van der Waals surface area contributed by atoms with Crippen molar-refractivity contribution in [2.24, 2.45) is 7.05 Å². The van der Waals surface area contributed by atoms with E-state index in [1.807, 2.05) is 26.0 Å². The van der Waals surface area contributed by atoms with Gasteiger partial charge in [0.15, 0.2) is 0 Å². The zero-order valence-electron chi connectivity index (χ0n) is 16.6. The lowest BCUT2D eigenvalue weighted by Crippen LogP contribution is -2.14. The lowest BCUT2D eigenvalue weighted by molar-refractivity contribution is 0.0599. The Labute approximate surface area is 163 Å². The van der Waals surface area contributed by atoms with Crippen LogP contribution in [-0.4, -0.2) is 38.5 Å². The molecule has 0 radical (unpaired) electrons. The lowest BCUT2D eigenvalue weighted by atomic mass is 10.1. The highest BCUT2D eigenvalue weighted by Crippen LogP contribution is 2.22. The zero-order valence-corrected chi connectivity index (χ0v) is 16.6. The van der Waals surface area contributed by atoms with E-state index in [1.54, 1.807) is 41.7 Å². The van der Waals surface area contributed by atoms with Crippen molar-refractivity contribution in [2.75, 3.05) is 12.4 Å². The Bertz CT molecular complexity index is 1050. The van der Waals surface area contributed by atoms with Gasteiger partial charge in [0.05, 0.1) is 47.6 Å². The van der Waals surface area contributed by atoms with Crippen molar-refractivity contribution >= 4 is 17.6 Å². The number of ether oxygens (including phenoxy) is 1. The highest BCUT2D eigenvalue weighted by Gasteiger charge is 2.19. The quantitative estimate of drug-likeness (QED) is 0.686. The van der Waals surface area contributed by atoms with Crippen LogP contribution in [0, 0.1) is 20.8 Å². The third-order valence-corrected chi connectivity index (χ3v) is 4.62. The predicted octanol–water partition coefficient (Wildman–Crippen LogP) is 2.63. The molecule has 8 nitrogen and oxygen atoms in total. The second-order valence-corrected chi connectivity index (χ2v) is 6.61. The summed E-state index contributed by atoms with van der Waals surface area (Å²) in [5, 5.41) is 11.7. The number of rotatable bonds is 5. The number of nitrogens with one attached hydrogen (secondary N) is 1. The summed E-state index contributed by atoms with van der Waals surface area (Å²) in [6.07, 6.45) is 1.69. The summed E-state index contributed by atoms with van der Waals surface area (Å²) in [6, 6.07) is 7.24. The van der Waals surface area contributed by atoms with E-state index in [2.05, 4.69) is 15.5 Å². The number of nitrogens with zero attached hydrogens (tertiary/aromatic N) is 4. The number of hydrogen-bond donors (Lipinski definition) is 1. The third kappa shape index (κ3) is 3.66. The fourth-order valence-corrected chi connectivity index (χ4v) is 3.16. The van der Waals surface area contributed by atoms with E-state index in [1.165, 1.54) is 7.11 Å². The van der Waals surface area contributed by atoms with Crippen LogP contribution in [0.25, 0.3) is 0 Å². The number of aromatic nitrogens is 4. The second-order valence-electron chi connectivity index (χ2n) is 6.61. The predicted molar refractivity (Wildman–Crippen MR) is 104 cm³/mol. The van der Waals surface area contributed by atoms with Crippen molar-refractivity contribution in [3.63, 3.8) is 0 Å². The fraction of sp³-hybridized carbons (Fsp3) is 0.300. The van der Waals surface area contributed by atoms with E-state index in [4.69, 9.17) is 4.74 Å². The van der Waals surface area contributed by atoms with Crippen LogP contribution in [0.2, 0.25) is 0 Å². The minimum Gasteiger partial charge on any atom is -0.465 e. The first-order valence-electron chi connectivity index (χ1n) is 8.83. The monoisotopic (exact) mass is 381 g/mol. The molecule has 0 fully saturated rings. The number of carbonyl (C=O) groups excluding carboxylic acids is 2. The highest BCUT2D eigenvalue weighted by molar-refractivity contribution is 6.05. The van der Waals surface area contributed by atoms with Gasteiger partial charge in [-0.05, 0) is 32.4 Å². The number of amides is 1. The van der Waals surface area contributed by atoms with Crippen LogP contribution < -0.4 is 5.32 Å². The molecule has 3 rings (SSSR count). The van der Waals surface area contributed by atoms with Crippen LogP contribution in [-0.2, 0) is 18.3 Å². The molecule has 2 aromatic heterocycles. The number of anilines is 1. The first-order valence-corrected chi connectivity index (χ1v) is 8.83. The Morgan fingerprint density at radius 3 is 2.43 bits per heavy atom. The average molecular weight is 381 g/mol. The maximum absolute atomic E-state index is 12.6. The third-order valence-electron chi connectivity index (χ3n) is 4.62. The molecule has 0 unspecified atom stereocenters. The minimum atomic E-state index is -0.391. The van der Waals surface area contributed by atoms with Gasteiger partial charge in [-0.2, -0.15) is 10.2 Å². The first-order chi connectivity index (χ1) is 13.3. The van der Waals surface area contributed by atoms with Gasteiger partial charge in [-0.1, -0.05) is 18.2 Å². The van der Waals surface area contributed by atoms with E-state index < -0.39 is 5.97 Å². The van der Waals surface area contributed by atoms with Crippen LogP contribution in [0.5, 0.6) is 0 Å². The molecule has 1 amide bonds. The van der Waals surface area contributed by atoms with Crippen LogP contribution in [0.3, 0.4) is 0 Å². The van der Waals surface area contributed by atoms with E-state index in [9.17, 15) is 9.59 Å². The maximum atomic E-state index is 12.6. The Morgan fingerprint density at radius 2 is 1.79 bits per heavy atom. The highest BCUT2D eigenvalue weighted by atomic mass is 16.5. The summed E-state index contributed by atoms with van der Waals surface area (Å²) >= 11 is 0. The molecular formula is C20H23N5O3. The minimum absolute atomic E-state index is 0.230. The van der Waals surface area contributed by atoms with Gasteiger partial charge < -0.3 is 10.1 Å². The van der Waals surface area contributed by atoms with Gasteiger partial charge in [-0.15, -0.1) is 0 Å². The molecule has 0 spiro atoms. The normalized spacial score (nSPS) is 10.8. The molecule has 1 N–H and O–H groups in total. The lowest BCUT2D eigenvalue weighted by Gasteiger charge is -2.10. The molecular weight excluding hydrogens is 358 g/mol. The van der Waals surface area contributed by atoms with Crippen LogP contribution in [0.4, 0.5) is 5.69 Å². The second kappa shape index (κ2) is 7.67. The largest absolute Gasteiger partial charge is 0.465 e. The van der Waals surface area contributed by atoms with Crippen LogP contribution in [0.15, 0.2) is 30.5 Å². The van der Waals surface area contributed by atoms with Gasteiger partial charge in [0.1, 0.15) is 0 Å². The number of methoxy groups -OCH3 is 1. The number of hydrogen-bond acceptors (Lipinski definition) is 5. The van der Waals surface area contributed by atoms with Crippen molar-refractivity contribution in [1.82, 2.24) is 19.6 Å². The molecule has 0 saturated heterocycles. The van der Waals surface area contributed by atoms with E-state index in [0.717, 1.165) is 11.3 Å². The number of esters is 1. The molecule has 0 bridgehead atoms. The summed E-state index contributed by atoms with van der Waals surface area (Å²) < 4.78 is 8.23. The van der Waals surface area contributed by atoms with Crippen molar-refractivity contribution < 1.29 is 14.3 Å². The topological polar surface area (TPSA) is 91.0 Å². The van der Waals surface area contributed by atoms with E-state index in [0.29, 0.717) is 34.7 Å². The van der Waals surface area contributed by atoms with Crippen molar-refractivity contribution in [1.29, 1.82) is 0 Å². The van der Waals surface area contributed by atoms with Gasteiger partial charge in [0.25, 0.3) is 5.91 Å². The van der Waals surface area contributed by atoms with E-state index >= 15 is 0 Å². The Hall–Kier alpha value is -3.42. The molecule has 146 valence electrons. The van der Waals surface area contributed by atoms with E-state index in [-0.39, 0.29) is 5.91 Å². The Balaban J connectivity index is 1.88. The molecule has 28 heavy (non-hydrogen) atoms. The number of aryl methyl sites for hydroxylation is 3. The molecule has 1 aromatic carbocycles. The van der Waals surface area contributed by atoms with Gasteiger partial charge >= 0.3 is 5.97 Å². The van der Waals surface area contributed by atoms with Crippen LogP contribution in [0.1, 0.15) is 43.4 Å². The number of benzene rings is 1. The van der Waals surface area contributed by atoms with Crippen molar-refractivity contribution in [2.45, 2.75) is 27.3 Å². The van der Waals surface area contributed by atoms with Gasteiger partial charge in [-0.3, -0.25) is 14.2 Å². The summed E-state index contributed by atoms with van der Waals surface area (Å²) in [6.45, 7) is 5.90. The molecule has 0 aliphatic rings. The van der Waals surface area contributed by atoms with Gasteiger partial charge in [0.2, 0.25) is 0 Å². The average Bonchev–Trinajstić information content (AvgIpc) is 3.14. The van der Waals surface area contributed by atoms with Crippen LogP contribution >= 0.6 is 0 Å². The van der Waals surface area contributed by atoms with Gasteiger partial charge in [-0.25, -0.2) is 4.79 Å². The molecule has 8 heteroatoms. The Kier molecular flexibility index (Phi) is 5.30. The molecule has 0 aliphatic carbocycles. The summed E-state index contributed by atoms with van der Waals surface area (Å²) in [5.41, 5.74) is 4.62. The Morgan fingerprint density at radius 1 is 1.07 bits per heavy atom. The van der Waals surface area contributed by atoms with Crippen molar-refractivity contribution in [3.8, 4) is 0 Å². The van der Waals surface area contributed by atoms with Crippen molar-refractivity contribution in [3.05, 3.63) is 64.2 Å². The first kappa shape index (κ1) is 19.3.